The van der Waals surface area contributed by atoms with Gasteiger partial charge in [-0.25, -0.2) is 4.68 Å². The van der Waals surface area contributed by atoms with Crippen LogP contribution < -0.4 is 19.5 Å². The molecule has 8 heteroatoms. The molecule has 1 aliphatic rings. The van der Waals surface area contributed by atoms with Gasteiger partial charge in [-0.2, -0.15) is 4.98 Å². The summed E-state index contributed by atoms with van der Waals surface area (Å²) < 4.78 is 18.5. The number of nitrogens with zero attached hydrogens (tertiary/aromatic N) is 3. The molecule has 0 bridgehead atoms. The van der Waals surface area contributed by atoms with E-state index in [0.29, 0.717) is 48.2 Å². The van der Waals surface area contributed by atoms with E-state index in [1.165, 1.54) is 0 Å². The predicted molar refractivity (Wildman–Crippen MR) is 140 cm³/mol. The van der Waals surface area contributed by atoms with Crippen LogP contribution in [0.3, 0.4) is 0 Å². The van der Waals surface area contributed by atoms with E-state index in [1.807, 2.05) is 42.5 Å². The molecule has 192 valence electrons. The van der Waals surface area contributed by atoms with Crippen molar-refractivity contribution in [3.63, 3.8) is 0 Å². The van der Waals surface area contributed by atoms with E-state index in [-0.39, 0.29) is 18.1 Å². The Morgan fingerprint density at radius 1 is 1.08 bits per heavy atom. The number of benzene rings is 2. The fourth-order valence-electron chi connectivity index (χ4n) is 4.33. The minimum absolute atomic E-state index is 0.0191. The van der Waals surface area contributed by atoms with Gasteiger partial charge in [-0.15, -0.1) is 5.10 Å². The lowest BCUT2D eigenvalue weighted by molar-refractivity contribution is -0.117. The summed E-state index contributed by atoms with van der Waals surface area (Å²) in [5.41, 5.74) is 2.57. The first-order chi connectivity index (χ1) is 17.1. The monoisotopic (exact) mass is 492 g/mol. The Hall–Kier alpha value is -3.55. The lowest BCUT2D eigenvalue weighted by Gasteiger charge is -2.22. The Morgan fingerprint density at radius 2 is 1.81 bits per heavy atom. The van der Waals surface area contributed by atoms with Gasteiger partial charge >= 0.3 is 6.01 Å². The highest BCUT2D eigenvalue weighted by atomic mass is 16.7. The zero-order valence-electron chi connectivity index (χ0n) is 22.0. The maximum atomic E-state index is 12.5. The molecule has 0 unspecified atom stereocenters. The molecule has 0 radical (unpaired) electrons. The molecule has 8 nitrogen and oxygen atoms in total. The Labute approximate surface area is 213 Å². The molecule has 0 saturated heterocycles. The van der Waals surface area contributed by atoms with Gasteiger partial charge in [0, 0.05) is 17.7 Å². The van der Waals surface area contributed by atoms with Crippen LogP contribution in [0.1, 0.15) is 54.4 Å². The quantitative estimate of drug-likeness (QED) is 0.388. The SMILES string of the molecule is CC(C)COc1nc(-c2ccc3c(c2)OCO3)n(-c2ccc(NC(=O)C[C@@H](C)CC(C)(C)C)cc2)n1. The van der Waals surface area contributed by atoms with Crippen LogP contribution in [-0.2, 0) is 4.79 Å². The molecule has 2 aromatic carbocycles. The number of anilines is 1. The van der Waals surface area contributed by atoms with E-state index in [2.05, 4.69) is 56.9 Å². The van der Waals surface area contributed by atoms with Gasteiger partial charge in [0.15, 0.2) is 17.3 Å². The number of aromatic nitrogens is 3. The maximum absolute atomic E-state index is 12.5. The Morgan fingerprint density at radius 3 is 2.50 bits per heavy atom. The highest BCUT2D eigenvalue weighted by molar-refractivity contribution is 5.90. The van der Waals surface area contributed by atoms with Crippen molar-refractivity contribution in [1.29, 1.82) is 0 Å². The number of rotatable bonds is 9. The summed E-state index contributed by atoms with van der Waals surface area (Å²) in [7, 11) is 0. The standard InChI is InChI=1S/C28H36N4O4/c1-18(2)16-34-27-30-26(20-7-12-23-24(14-20)36-17-35-23)32(31-27)22-10-8-21(9-11-22)29-25(33)13-19(3)15-28(4,5)6/h7-12,14,18-19H,13,15-17H2,1-6H3,(H,29,33)/t19-/m1/s1. The number of hydrogen-bond acceptors (Lipinski definition) is 6. The maximum Gasteiger partial charge on any atom is 0.336 e. The second kappa shape index (κ2) is 10.6. The van der Waals surface area contributed by atoms with Crippen molar-refractivity contribution < 1.29 is 19.0 Å². The summed E-state index contributed by atoms with van der Waals surface area (Å²) in [6, 6.07) is 13.6. The van der Waals surface area contributed by atoms with Crippen LogP contribution in [0.5, 0.6) is 17.5 Å². The second-order valence-electron chi connectivity index (χ2n) is 11.1. The fraction of sp³-hybridized carbons (Fsp3) is 0.464. The van der Waals surface area contributed by atoms with Gasteiger partial charge in [0.2, 0.25) is 12.7 Å². The molecule has 4 rings (SSSR count). The van der Waals surface area contributed by atoms with E-state index < -0.39 is 0 Å². The van der Waals surface area contributed by atoms with Crippen LogP contribution in [0.25, 0.3) is 17.1 Å². The van der Waals surface area contributed by atoms with Crippen LogP contribution in [0.2, 0.25) is 0 Å². The average molecular weight is 493 g/mol. The molecule has 0 aliphatic carbocycles. The third-order valence-corrected chi connectivity index (χ3v) is 5.65. The van der Waals surface area contributed by atoms with Crippen molar-refractivity contribution in [3.05, 3.63) is 42.5 Å². The van der Waals surface area contributed by atoms with Gasteiger partial charge in [0.05, 0.1) is 12.3 Å². The summed E-state index contributed by atoms with van der Waals surface area (Å²) >= 11 is 0. The first kappa shape index (κ1) is 25.5. The van der Waals surface area contributed by atoms with Crippen LogP contribution >= 0.6 is 0 Å². The lowest BCUT2D eigenvalue weighted by Crippen LogP contribution is -2.18. The molecule has 2 heterocycles. The van der Waals surface area contributed by atoms with E-state index in [0.717, 1.165) is 23.4 Å². The minimum atomic E-state index is 0.0191. The minimum Gasteiger partial charge on any atom is -0.462 e. The molecule has 1 aliphatic heterocycles. The molecule has 0 fully saturated rings. The normalized spacial score (nSPS) is 13.6. The summed E-state index contributed by atoms with van der Waals surface area (Å²) in [6.07, 6.45) is 1.49. The molecule has 36 heavy (non-hydrogen) atoms. The molecule has 1 atom stereocenters. The molecule has 1 amide bonds. The zero-order valence-corrected chi connectivity index (χ0v) is 22.0. The Bertz CT molecular complexity index is 1200. The van der Waals surface area contributed by atoms with Crippen molar-refractivity contribution in [3.8, 4) is 34.6 Å². The molecule has 1 N–H and O–H groups in total. The van der Waals surface area contributed by atoms with E-state index in [1.54, 1.807) is 4.68 Å². The summed E-state index contributed by atoms with van der Waals surface area (Å²) in [6.45, 7) is 13.6. The van der Waals surface area contributed by atoms with Crippen molar-refractivity contribution in [2.24, 2.45) is 17.3 Å². The number of fused-ring (bicyclic) bond motifs is 1. The summed E-state index contributed by atoms with van der Waals surface area (Å²) in [4.78, 5) is 17.2. The van der Waals surface area contributed by atoms with Crippen LogP contribution in [0, 0.1) is 17.3 Å². The van der Waals surface area contributed by atoms with Crippen molar-refractivity contribution in [1.82, 2.24) is 14.8 Å². The predicted octanol–water partition coefficient (Wildman–Crippen LogP) is 6.10. The molecule has 0 spiro atoms. The smallest absolute Gasteiger partial charge is 0.336 e. The van der Waals surface area contributed by atoms with Gasteiger partial charge < -0.3 is 19.5 Å². The Kier molecular flexibility index (Phi) is 7.52. The topological polar surface area (TPSA) is 87.5 Å². The first-order valence-electron chi connectivity index (χ1n) is 12.5. The second-order valence-corrected chi connectivity index (χ2v) is 11.1. The van der Waals surface area contributed by atoms with Crippen LogP contribution in [0.15, 0.2) is 42.5 Å². The summed E-state index contributed by atoms with van der Waals surface area (Å²) in [5, 5.41) is 7.62. The van der Waals surface area contributed by atoms with Crippen molar-refractivity contribution >= 4 is 11.6 Å². The third-order valence-electron chi connectivity index (χ3n) is 5.65. The number of carbonyl (C=O) groups excluding carboxylic acids is 1. The fourth-order valence-corrected chi connectivity index (χ4v) is 4.33. The third kappa shape index (κ3) is 6.56. The zero-order chi connectivity index (χ0) is 25.9. The largest absolute Gasteiger partial charge is 0.462 e. The van der Waals surface area contributed by atoms with Gasteiger partial charge in [0.1, 0.15) is 0 Å². The molecule has 0 saturated carbocycles. The van der Waals surface area contributed by atoms with Gasteiger partial charge in [0.25, 0.3) is 0 Å². The van der Waals surface area contributed by atoms with Gasteiger partial charge in [-0.1, -0.05) is 41.5 Å². The van der Waals surface area contributed by atoms with Crippen molar-refractivity contribution in [2.45, 2.75) is 54.4 Å². The molecular weight excluding hydrogens is 456 g/mol. The van der Waals surface area contributed by atoms with E-state index in [4.69, 9.17) is 14.2 Å². The first-order valence-corrected chi connectivity index (χ1v) is 12.5. The number of ether oxygens (including phenoxy) is 3. The van der Waals surface area contributed by atoms with E-state index in [9.17, 15) is 4.79 Å². The van der Waals surface area contributed by atoms with E-state index >= 15 is 0 Å². The van der Waals surface area contributed by atoms with Crippen LogP contribution in [-0.4, -0.2) is 34.1 Å². The number of hydrogen-bond donors (Lipinski definition) is 1. The summed E-state index contributed by atoms with van der Waals surface area (Å²) in [5.74, 6) is 2.68. The molecular formula is C28H36N4O4. The van der Waals surface area contributed by atoms with Crippen molar-refractivity contribution in [2.75, 3.05) is 18.7 Å². The average Bonchev–Trinajstić information content (AvgIpc) is 3.43. The lowest BCUT2D eigenvalue weighted by atomic mass is 9.84. The van der Waals surface area contributed by atoms with Crippen LogP contribution in [0.4, 0.5) is 5.69 Å². The highest BCUT2D eigenvalue weighted by Gasteiger charge is 2.20. The highest BCUT2D eigenvalue weighted by Crippen LogP contribution is 2.36. The number of amides is 1. The number of carbonyl (C=O) groups is 1. The van der Waals surface area contributed by atoms with Gasteiger partial charge in [-0.05, 0) is 66.1 Å². The molecule has 1 aromatic heterocycles. The molecule has 3 aromatic rings. The Balaban J connectivity index is 1.54. The number of nitrogens with one attached hydrogen (secondary N) is 1. The van der Waals surface area contributed by atoms with Gasteiger partial charge in [-0.3, -0.25) is 4.79 Å².